The lowest BCUT2D eigenvalue weighted by Crippen LogP contribution is -2.12. The van der Waals surface area contributed by atoms with Crippen LogP contribution in [0, 0.1) is 0 Å². The summed E-state index contributed by atoms with van der Waals surface area (Å²) in [7, 11) is 0. The van der Waals surface area contributed by atoms with Gasteiger partial charge in [-0.15, -0.1) is 0 Å². The van der Waals surface area contributed by atoms with Gasteiger partial charge in [0.2, 0.25) is 0 Å². The van der Waals surface area contributed by atoms with Crippen molar-refractivity contribution < 1.29 is 5.11 Å². The van der Waals surface area contributed by atoms with Crippen molar-refractivity contribution in [3.05, 3.63) is 28.0 Å². The highest BCUT2D eigenvalue weighted by molar-refractivity contribution is 6.41. The van der Waals surface area contributed by atoms with Crippen molar-refractivity contribution in [1.29, 1.82) is 0 Å². The third kappa shape index (κ3) is 2.08. The fraction of sp³-hybridized carbons (Fsp3) is 0.286. The van der Waals surface area contributed by atoms with Gasteiger partial charge in [-0.05, 0) is 12.1 Å². The van der Waals surface area contributed by atoms with Gasteiger partial charge in [0.05, 0.1) is 10.7 Å². The highest BCUT2D eigenvalue weighted by Gasteiger charge is 2.08. The average molecular weight is 207 g/mol. The molecule has 0 aliphatic heterocycles. The van der Waals surface area contributed by atoms with Gasteiger partial charge in [-0.1, -0.05) is 23.2 Å². The Balaban J connectivity index is 2.96. The van der Waals surface area contributed by atoms with Crippen LogP contribution in [0.5, 0.6) is 0 Å². The summed E-state index contributed by atoms with van der Waals surface area (Å²) in [6.45, 7) is 0.116. The Morgan fingerprint density at radius 2 is 2.17 bits per heavy atom. The third-order valence-corrected chi connectivity index (χ3v) is 2.08. The lowest BCUT2D eigenvalue weighted by atomic mass is 10.2. The predicted molar refractivity (Wildman–Crippen MR) is 48.3 cm³/mol. The topological polar surface area (TPSA) is 59.1 Å². The number of hydrogen-bond donors (Lipinski definition) is 2. The summed E-state index contributed by atoms with van der Waals surface area (Å²) in [6.07, 6.45) is -0.778. The maximum Gasteiger partial charge on any atom is 0.148 e. The molecular formula is C7H8Cl2N2O. The number of rotatable bonds is 2. The van der Waals surface area contributed by atoms with E-state index in [1.54, 1.807) is 12.1 Å². The van der Waals surface area contributed by atoms with Crippen LogP contribution in [-0.2, 0) is 0 Å². The molecule has 3 N–H and O–H groups in total. The predicted octanol–water partition coefficient (Wildman–Crippen LogP) is 1.38. The van der Waals surface area contributed by atoms with E-state index in [0.29, 0.717) is 10.7 Å². The maximum atomic E-state index is 9.26. The van der Waals surface area contributed by atoms with Gasteiger partial charge in [0.1, 0.15) is 11.3 Å². The molecule has 1 unspecified atom stereocenters. The first-order valence-electron chi connectivity index (χ1n) is 3.35. The van der Waals surface area contributed by atoms with Gasteiger partial charge >= 0.3 is 0 Å². The number of aliphatic hydroxyl groups is 1. The zero-order valence-corrected chi connectivity index (χ0v) is 7.68. The Morgan fingerprint density at radius 3 is 2.67 bits per heavy atom. The molecule has 12 heavy (non-hydrogen) atoms. The smallest absolute Gasteiger partial charge is 0.148 e. The normalized spacial score (nSPS) is 13.0. The zero-order chi connectivity index (χ0) is 9.14. The van der Waals surface area contributed by atoms with Crippen LogP contribution in [0.15, 0.2) is 12.1 Å². The molecule has 0 bridgehead atoms. The number of nitrogens with two attached hydrogens (primary N) is 1. The van der Waals surface area contributed by atoms with Crippen LogP contribution in [-0.4, -0.2) is 16.6 Å². The molecule has 3 nitrogen and oxygen atoms in total. The van der Waals surface area contributed by atoms with Gasteiger partial charge in [-0.2, -0.15) is 0 Å². The van der Waals surface area contributed by atoms with E-state index in [-0.39, 0.29) is 11.7 Å². The molecule has 0 aliphatic rings. The van der Waals surface area contributed by atoms with E-state index >= 15 is 0 Å². The van der Waals surface area contributed by atoms with E-state index in [2.05, 4.69) is 4.98 Å². The first-order chi connectivity index (χ1) is 5.65. The van der Waals surface area contributed by atoms with E-state index in [1.807, 2.05) is 0 Å². The molecule has 5 heteroatoms. The van der Waals surface area contributed by atoms with Crippen LogP contribution in [0.1, 0.15) is 11.8 Å². The van der Waals surface area contributed by atoms with Crippen molar-refractivity contribution in [1.82, 2.24) is 4.98 Å². The molecule has 1 aromatic heterocycles. The highest BCUT2D eigenvalue weighted by atomic mass is 35.5. The summed E-state index contributed by atoms with van der Waals surface area (Å²) >= 11 is 11.2. The van der Waals surface area contributed by atoms with Crippen molar-refractivity contribution in [3.63, 3.8) is 0 Å². The molecule has 0 saturated carbocycles. The van der Waals surface area contributed by atoms with E-state index in [4.69, 9.17) is 28.9 Å². The molecule has 0 aromatic carbocycles. The Morgan fingerprint density at radius 1 is 1.50 bits per heavy atom. The van der Waals surface area contributed by atoms with E-state index in [1.165, 1.54) is 0 Å². The summed E-state index contributed by atoms with van der Waals surface area (Å²) in [6, 6.07) is 3.16. The first kappa shape index (κ1) is 9.74. The van der Waals surface area contributed by atoms with Gasteiger partial charge in [0.25, 0.3) is 0 Å². The number of aliphatic hydroxyl groups excluding tert-OH is 1. The third-order valence-electron chi connectivity index (χ3n) is 1.39. The second kappa shape index (κ2) is 4.05. The standard InChI is InChI=1S/C7H8Cl2N2O/c8-4-1-2-5(6(12)3-10)11-7(4)9/h1-2,6,12H,3,10H2. The Labute approximate surface area is 80.1 Å². The fourth-order valence-electron chi connectivity index (χ4n) is 0.738. The van der Waals surface area contributed by atoms with Gasteiger partial charge in [-0.25, -0.2) is 4.98 Å². The molecule has 1 rings (SSSR count). The van der Waals surface area contributed by atoms with Crippen molar-refractivity contribution in [2.24, 2.45) is 5.73 Å². The minimum Gasteiger partial charge on any atom is -0.385 e. The van der Waals surface area contributed by atoms with Gasteiger partial charge in [0.15, 0.2) is 0 Å². The lowest BCUT2D eigenvalue weighted by molar-refractivity contribution is 0.182. The van der Waals surface area contributed by atoms with Crippen LogP contribution >= 0.6 is 23.2 Å². The van der Waals surface area contributed by atoms with Crippen molar-refractivity contribution in [2.45, 2.75) is 6.10 Å². The van der Waals surface area contributed by atoms with Crippen LogP contribution in [0.25, 0.3) is 0 Å². The van der Waals surface area contributed by atoms with E-state index < -0.39 is 6.10 Å². The highest BCUT2D eigenvalue weighted by Crippen LogP contribution is 2.21. The maximum absolute atomic E-state index is 9.26. The molecule has 0 radical (unpaired) electrons. The number of aromatic nitrogens is 1. The molecule has 1 heterocycles. The van der Waals surface area contributed by atoms with E-state index in [0.717, 1.165) is 0 Å². The van der Waals surface area contributed by atoms with Gasteiger partial charge in [0, 0.05) is 6.54 Å². The minimum atomic E-state index is -0.778. The average Bonchev–Trinajstić information content (AvgIpc) is 2.08. The summed E-state index contributed by atoms with van der Waals surface area (Å²) in [4.78, 5) is 3.85. The Kier molecular flexibility index (Phi) is 3.29. The molecule has 0 spiro atoms. The molecule has 1 atom stereocenters. The molecule has 0 amide bonds. The monoisotopic (exact) mass is 206 g/mol. The Hall–Kier alpha value is -0.350. The van der Waals surface area contributed by atoms with Crippen LogP contribution in [0.4, 0.5) is 0 Å². The second-order valence-electron chi connectivity index (χ2n) is 2.26. The quantitative estimate of drug-likeness (QED) is 0.720. The molecule has 66 valence electrons. The number of nitrogens with zero attached hydrogens (tertiary/aromatic N) is 1. The van der Waals surface area contributed by atoms with Gasteiger partial charge in [-0.3, -0.25) is 0 Å². The Bertz CT molecular complexity index is 280. The lowest BCUT2D eigenvalue weighted by Gasteiger charge is -2.06. The summed E-state index contributed by atoms with van der Waals surface area (Å²) in [5, 5.41) is 9.80. The molecular weight excluding hydrogens is 199 g/mol. The van der Waals surface area contributed by atoms with Crippen molar-refractivity contribution in [3.8, 4) is 0 Å². The SMILES string of the molecule is NCC(O)c1ccc(Cl)c(Cl)n1. The zero-order valence-electron chi connectivity index (χ0n) is 6.17. The number of hydrogen-bond acceptors (Lipinski definition) is 3. The van der Waals surface area contributed by atoms with Crippen LogP contribution in [0.2, 0.25) is 10.2 Å². The largest absolute Gasteiger partial charge is 0.385 e. The second-order valence-corrected chi connectivity index (χ2v) is 3.03. The fourth-order valence-corrected chi connectivity index (χ4v) is 1.00. The molecule has 0 aliphatic carbocycles. The van der Waals surface area contributed by atoms with Crippen molar-refractivity contribution in [2.75, 3.05) is 6.54 Å². The van der Waals surface area contributed by atoms with Gasteiger partial charge < -0.3 is 10.8 Å². The van der Waals surface area contributed by atoms with E-state index in [9.17, 15) is 5.11 Å². The molecule has 1 aromatic rings. The van der Waals surface area contributed by atoms with Crippen molar-refractivity contribution >= 4 is 23.2 Å². The number of pyridine rings is 1. The molecule has 0 saturated heterocycles. The molecule has 0 fully saturated rings. The van der Waals surface area contributed by atoms with Crippen LogP contribution in [0.3, 0.4) is 0 Å². The summed E-state index contributed by atoms with van der Waals surface area (Å²) < 4.78 is 0. The minimum absolute atomic E-state index is 0.116. The summed E-state index contributed by atoms with van der Waals surface area (Å²) in [5.74, 6) is 0. The van der Waals surface area contributed by atoms with Crippen LogP contribution < -0.4 is 5.73 Å². The first-order valence-corrected chi connectivity index (χ1v) is 4.11. The summed E-state index contributed by atoms with van der Waals surface area (Å²) in [5.41, 5.74) is 5.66. The number of halogens is 2.